The van der Waals surface area contributed by atoms with Gasteiger partial charge in [-0.2, -0.15) is 0 Å². The molecule has 0 aliphatic rings. The highest BCUT2D eigenvalue weighted by Gasteiger charge is 2.40. The predicted octanol–water partition coefficient (Wildman–Crippen LogP) is 6.85. The first-order chi connectivity index (χ1) is 21.2. The Morgan fingerprint density at radius 3 is 1.49 bits per heavy atom. The minimum atomic E-state index is -2.74. The summed E-state index contributed by atoms with van der Waals surface area (Å²) in [5.41, 5.74) is 5.87. The van der Waals surface area contributed by atoms with E-state index >= 15 is 0 Å². The molecule has 8 nitrogen and oxygen atoms in total. The van der Waals surface area contributed by atoms with Crippen LogP contribution in [0.15, 0.2) is 66.7 Å². The minimum Gasteiger partial charge on any atom is -0.481 e. The van der Waals surface area contributed by atoms with Crippen LogP contribution in [0.5, 0.6) is 0 Å². The molecule has 246 valence electrons. The highest BCUT2D eigenvalue weighted by Crippen LogP contribution is 2.22. The number of carboxylic acids is 3. The molecule has 0 atom stereocenters. The van der Waals surface area contributed by atoms with Gasteiger partial charge in [-0.1, -0.05) is 67.6 Å². The average Bonchev–Trinajstić information content (AvgIpc) is 2.99. The molecular weight excluding hydrogens is 685 g/mol. The van der Waals surface area contributed by atoms with Gasteiger partial charge in [-0.15, -0.1) is 0 Å². The molecule has 0 spiro atoms. The molecule has 0 aliphatic heterocycles. The molecule has 0 bridgehead atoms. The first kappa shape index (κ1) is 39.7. The van der Waals surface area contributed by atoms with E-state index in [0.29, 0.717) is 0 Å². The normalized spacial score (nSPS) is 10.8. The van der Waals surface area contributed by atoms with Gasteiger partial charge in [0.1, 0.15) is 0 Å². The van der Waals surface area contributed by atoms with Crippen molar-refractivity contribution in [2.24, 2.45) is 0 Å². The summed E-state index contributed by atoms with van der Waals surface area (Å²) in [5, 5.41) is 33.8. The van der Waals surface area contributed by atoms with E-state index < -0.39 is 36.4 Å². The Morgan fingerprint density at radius 2 is 1.13 bits per heavy atom. The van der Waals surface area contributed by atoms with E-state index in [0.717, 1.165) is 6.54 Å². The Balaban J connectivity index is 0.000000363. The van der Waals surface area contributed by atoms with Crippen molar-refractivity contribution in [3.8, 4) is 0 Å². The van der Waals surface area contributed by atoms with Crippen LogP contribution in [0.25, 0.3) is 0 Å². The first-order valence-corrected chi connectivity index (χ1v) is 16.2. The number of halogens is 1. The van der Waals surface area contributed by atoms with Crippen LogP contribution in [0.1, 0.15) is 66.0 Å². The lowest BCUT2D eigenvalue weighted by Gasteiger charge is -2.20. The summed E-state index contributed by atoms with van der Waals surface area (Å²) in [6.45, 7) is 14.6. The number of aliphatic hydroxyl groups is 1. The van der Waals surface area contributed by atoms with Crippen molar-refractivity contribution in [3.63, 3.8) is 0 Å². The van der Waals surface area contributed by atoms with Gasteiger partial charge >= 0.3 is 17.9 Å². The van der Waals surface area contributed by atoms with Crippen molar-refractivity contribution in [1.82, 2.24) is 4.90 Å². The molecule has 3 rings (SSSR count). The van der Waals surface area contributed by atoms with Gasteiger partial charge in [0, 0.05) is 3.57 Å². The maximum atomic E-state index is 10.3. The molecule has 0 aliphatic carbocycles. The molecule has 0 saturated heterocycles. The fourth-order valence-electron chi connectivity index (χ4n) is 4.61. The molecule has 0 saturated carbocycles. The van der Waals surface area contributed by atoms with Gasteiger partial charge in [0.05, 0.1) is 12.8 Å². The van der Waals surface area contributed by atoms with E-state index in [1.54, 1.807) is 0 Å². The number of aryl methyl sites for hydroxylation is 3. The summed E-state index contributed by atoms with van der Waals surface area (Å²) >= 11 is 2.39. The maximum absolute atomic E-state index is 10.3. The molecule has 0 fully saturated rings. The highest BCUT2D eigenvalue weighted by molar-refractivity contribution is 14.1. The second-order valence-corrected chi connectivity index (χ2v) is 12.3. The smallest absolute Gasteiger partial charge is 0.336 e. The minimum absolute atomic E-state index is 1.14. The van der Waals surface area contributed by atoms with Crippen molar-refractivity contribution < 1.29 is 34.8 Å². The Hall–Kier alpha value is -3.28. The highest BCUT2D eigenvalue weighted by atomic mass is 127. The van der Waals surface area contributed by atoms with Gasteiger partial charge in [-0.05, 0) is 135 Å². The summed E-state index contributed by atoms with van der Waals surface area (Å²) < 4.78 is 1.38. The Kier molecular flexibility index (Phi) is 18.3. The van der Waals surface area contributed by atoms with Crippen LogP contribution in [0.3, 0.4) is 0 Å². The zero-order valence-electron chi connectivity index (χ0n) is 27.1. The number of carbonyl (C=O) groups is 3. The topological polar surface area (TPSA) is 135 Å². The second-order valence-electron chi connectivity index (χ2n) is 11.1. The lowest BCUT2D eigenvalue weighted by molar-refractivity contribution is -0.170. The fraction of sp³-hybridized carbons (Fsp3) is 0.417. The molecule has 3 aromatic carbocycles. The number of hydrogen-bond donors (Lipinski definition) is 4. The zero-order valence-corrected chi connectivity index (χ0v) is 29.2. The van der Waals surface area contributed by atoms with Crippen molar-refractivity contribution in [2.45, 2.75) is 78.7 Å². The maximum Gasteiger partial charge on any atom is 0.336 e. The molecule has 3 aromatic rings. The van der Waals surface area contributed by atoms with Crippen molar-refractivity contribution in [1.29, 1.82) is 0 Å². The Bertz CT molecular complexity index is 1260. The van der Waals surface area contributed by atoms with Crippen LogP contribution >= 0.6 is 22.6 Å². The van der Waals surface area contributed by atoms with E-state index in [2.05, 4.69) is 129 Å². The van der Waals surface area contributed by atoms with Crippen LogP contribution in [0.4, 0.5) is 0 Å². The molecule has 0 amide bonds. The van der Waals surface area contributed by atoms with Gasteiger partial charge in [0.15, 0.2) is 5.60 Å². The summed E-state index contributed by atoms with van der Waals surface area (Å²) in [4.78, 5) is 33.1. The van der Waals surface area contributed by atoms with Crippen molar-refractivity contribution in [3.05, 3.63) is 104 Å². The molecule has 0 radical (unpaired) electrons. The molecular formula is C36H48INO7. The number of nitrogens with zero attached hydrogens (tertiary/aromatic N) is 1. The van der Waals surface area contributed by atoms with Gasteiger partial charge < -0.3 is 25.3 Å². The van der Waals surface area contributed by atoms with Crippen LogP contribution < -0.4 is 0 Å². The first-order valence-electron chi connectivity index (χ1n) is 15.1. The number of benzene rings is 3. The van der Waals surface area contributed by atoms with E-state index in [9.17, 15) is 14.4 Å². The van der Waals surface area contributed by atoms with Gasteiger partial charge in [0.2, 0.25) is 0 Å². The number of carboxylic acid groups (broad SMARTS) is 3. The van der Waals surface area contributed by atoms with Crippen LogP contribution in [0, 0.1) is 31.3 Å². The Morgan fingerprint density at radius 1 is 0.711 bits per heavy atom. The molecule has 0 unspecified atom stereocenters. The fourth-order valence-corrected chi connectivity index (χ4v) is 5.48. The third kappa shape index (κ3) is 15.5. The summed E-state index contributed by atoms with van der Waals surface area (Å²) in [7, 11) is 0. The second kappa shape index (κ2) is 20.7. The number of aliphatic carboxylic acids is 3. The van der Waals surface area contributed by atoms with Crippen molar-refractivity contribution in [2.75, 3.05) is 19.6 Å². The predicted molar refractivity (Wildman–Crippen MR) is 187 cm³/mol. The monoisotopic (exact) mass is 733 g/mol. The van der Waals surface area contributed by atoms with E-state index in [-0.39, 0.29) is 0 Å². The number of hydrogen-bond acceptors (Lipinski definition) is 5. The van der Waals surface area contributed by atoms with Gasteiger partial charge in [0.25, 0.3) is 0 Å². The summed E-state index contributed by atoms with van der Waals surface area (Å²) in [6.07, 6.45) is 2.60. The largest absolute Gasteiger partial charge is 0.481 e. The third-order valence-electron chi connectivity index (χ3n) is 7.72. The van der Waals surface area contributed by atoms with Crippen molar-refractivity contribution >= 4 is 40.5 Å². The van der Waals surface area contributed by atoms with E-state index in [1.165, 1.54) is 75.7 Å². The molecule has 45 heavy (non-hydrogen) atoms. The van der Waals surface area contributed by atoms with Crippen LogP contribution in [0.2, 0.25) is 0 Å². The quantitative estimate of drug-likeness (QED) is 0.132. The molecule has 9 heteroatoms. The number of rotatable bonds is 14. The zero-order chi connectivity index (χ0) is 34.0. The average molecular weight is 734 g/mol. The standard InChI is InChI=1S/C20H27N.C10H13I.C6H8O7/c1-2-21(17-9-15-19-11-5-3-6-12-19)18-10-16-20-13-7-4-8-14-20;1-6-5-10(11)9(4)8(3)7(6)2;7-3(8)1-6(13,5(11)12)2-4(9)10/h3-8,11-14H,2,9-10,15-18H2,1H3;5H,1-4H3;13H,1-2H2,(H,7,8)(H,9,10)(H,11,12). The molecule has 0 heterocycles. The molecule has 0 aromatic heterocycles. The van der Waals surface area contributed by atoms with Crippen LogP contribution in [-0.4, -0.2) is 68.5 Å². The summed E-state index contributed by atoms with van der Waals surface area (Å²) in [6, 6.07) is 23.9. The molecule has 4 N–H and O–H groups in total. The Labute approximate surface area is 281 Å². The summed E-state index contributed by atoms with van der Waals surface area (Å²) in [5.74, 6) is -5.02. The third-order valence-corrected chi connectivity index (χ3v) is 8.84. The van der Waals surface area contributed by atoms with Gasteiger partial charge in [-0.25, -0.2) is 4.79 Å². The van der Waals surface area contributed by atoms with E-state index in [4.69, 9.17) is 20.4 Å². The lowest BCUT2D eigenvalue weighted by Crippen LogP contribution is -2.42. The SMILES string of the molecule is CCN(CCCc1ccccc1)CCCc1ccccc1.Cc1cc(I)c(C)c(C)c1C.O=C(O)CC(O)(CC(=O)O)C(=O)O. The lowest BCUT2D eigenvalue weighted by atomic mass is 9.96. The van der Waals surface area contributed by atoms with E-state index in [1.807, 2.05) is 0 Å². The van der Waals surface area contributed by atoms with Gasteiger partial charge in [-0.3, -0.25) is 9.59 Å². The van der Waals surface area contributed by atoms with Crippen LogP contribution in [-0.2, 0) is 27.2 Å².